The van der Waals surface area contributed by atoms with Gasteiger partial charge in [0.25, 0.3) is 5.79 Å². The van der Waals surface area contributed by atoms with Gasteiger partial charge in [0, 0.05) is 22.3 Å². The van der Waals surface area contributed by atoms with Crippen LogP contribution in [-0.2, 0) is 21.2 Å². The Morgan fingerprint density at radius 3 is 2.24 bits per heavy atom. The van der Waals surface area contributed by atoms with Gasteiger partial charge in [-0.05, 0) is 48.1 Å². The van der Waals surface area contributed by atoms with Crippen molar-refractivity contribution in [1.29, 1.82) is 0 Å². The molecule has 29 heavy (non-hydrogen) atoms. The highest BCUT2D eigenvalue weighted by atomic mass is 16.7. The first-order chi connectivity index (χ1) is 13.4. The van der Waals surface area contributed by atoms with Crippen LogP contribution in [0.2, 0.25) is 0 Å². The lowest BCUT2D eigenvalue weighted by Crippen LogP contribution is -2.51. The Bertz CT molecular complexity index is 965. The Hall–Kier alpha value is -1.91. The number of rotatable bonds is 4. The van der Waals surface area contributed by atoms with Crippen LogP contribution in [-0.4, -0.2) is 21.8 Å². The molecule has 2 N–H and O–H groups in total. The molecule has 1 aromatic rings. The maximum Gasteiger partial charge on any atom is 0.276 e. The Balaban J connectivity index is 2.05. The highest BCUT2D eigenvalue weighted by molar-refractivity contribution is 6.12. The maximum absolute atomic E-state index is 13.4. The van der Waals surface area contributed by atoms with E-state index in [9.17, 15) is 15.0 Å². The Morgan fingerprint density at radius 1 is 1.00 bits per heavy atom. The number of hydrogen-bond donors (Lipinski definition) is 2. The number of ketones is 1. The summed E-state index contributed by atoms with van der Waals surface area (Å²) in [6.07, 6.45) is 6.85. The summed E-state index contributed by atoms with van der Waals surface area (Å²) in [5, 5.41) is 23.4. The number of carbonyl (C=O) groups is 1. The topological polar surface area (TPSA) is 66.8 Å². The van der Waals surface area contributed by atoms with Crippen LogP contribution in [0.25, 0.3) is 0 Å². The molecule has 0 amide bonds. The highest BCUT2D eigenvalue weighted by Gasteiger charge is 2.72. The molecule has 2 aliphatic carbocycles. The van der Waals surface area contributed by atoms with Gasteiger partial charge in [-0.1, -0.05) is 59.8 Å². The molecule has 0 radical (unpaired) electrons. The number of allylic oxidation sites excluding steroid dienone is 2. The summed E-state index contributed by atoms with van der Waals surface area (Å²) in [6.45, 7) is 12.8. The van der Waals surface area contributed by atoms with Gasteiger partial charge in [0.2, 0.25) is 11.4 Å². The summed E-state index contributed by atoms with van der Waals surface area (Å²) < 4.78 is 6.16. The van der Waals surface area contributed by atoms with E-state index in [-0.39, 0.29) is 10.8 Å². The van der Waals surface area contributed by atoms with E-state index >= 15 is 0 Å². The molecule has 1 fully saturated rings. The summed E-state index contributed by atoms with van der Waals surface area (Å²) in [5.41, 5.74) is 0.685. The number of hydrogen-bond acceptors (Lipinski definition) is 4. The number of Topliss-reactive ketones (excluding diaryl/α,β-unsaturated/α-hetero) is 1. The van der Waals surface area contributed by atoms with Gasteiger partial charge in [0.05, 0.1) is 0 Å². The molecule has 4 rings (SSSR count). The minimum Gasteiger partial charge on any atom is -0.453 e. The predicted octanol–water partition coefficient (Wildman–Crippen LogP) is 4.56. The fraction of sp³-hybridized carbons (Fsp3) is 0.560. The van der Waals surface area contributed by atoms with Crippen molar-refractivity contribution in [2.45, 2.75) is 89.4 Å². The molecule has 4 nitrogen and oxygen atoms in total. The molecule has 1 aromatic carbocycles. The van der Waals surface area contributed by atoms with Crippen LogP contribution in [0.3, 0.4) is 0 Å². The zero-order chi connectivity index (χ0) is 21.4. The zero-order valence-corrected chi connectivity index (χ0v) is 18.3. The van der Waals surface area contributed by atoms with E-state index in [4.69, 9.17) is 4.74 Å². The fourth-order valence-electron chi connectivity index (χ4n) is 4.63. The molecule has 0 spiro atoms. The molecule has 1 saturated carbocycles. The SMILES string of the molecule is CCC(C)(C)c1cc(C(C)(C)CC)c2c(c1)C1(O)C(=O)C3=CCCC=C3C1(O)O2. The predicted molar refractivity (Wildman–Crippen MR) is 113 cm³/mol. The third-order valence-corrected chi connectivity index (χ3v) is 7.59. The summed E-state index contributed by atoms with van der Waals surface area (Å²) in [4.78, 5) is 13.4. The van der Waals surface area contributed by atoms with Crippen LogP contribution in [0.1, 0.15) is 83.9 Å². The van der Waals surface area contributed by atoms with E-state index in [1.807, 2.05) is 18.2 Å². The lowest BCUT2D eigenvalue weighted by atomic mass is 9.73. The molecular weight excluding hydrogens is 364 g/mol. The van der Waals surface area contributed by atoms with E-state index in [0.717, 1.165) is 30.4 Å². The van der Waals surface area contributed by atoms with Crippen molar-refractivity contribution < 1.29 is 19.7 Å². The van der Waals surface area contributed by atoms with Crippen molar-refractivity contribution in [1.82, 2.24) is 0 Å². The summed E-state index contributed by atoms with van der Waals surface area (Å²) in [7, 11) is 0. The zero-order valence-electron chi connectivity index (χ0n) is 18.3. The van der Waals surface area contributed by atoms with Crippen molar-refractivity contribution in [3.8, 4) is 5.75 Å². The first-order valence-corrected chi connectivity index (χ1v) is 10.7. The molecule has 1 aliphatic heterocycles. The standard InChI is InChI=1S/C25H32O4/c1-7-22(3,4)15-13-18(23(5,6)8-2)20-19(14-15)24(27)21(26)16-11-9-10-12-17(16)25(24,28)29-20/h11-14,27-28H,7-10H2,1-6H3. The molecule has 1 heterocycles. The lowest BCUT2D eigenvalue weighted by Gasteiger charge is -2.31. The van der Waals surface area contributed by atoms with Gasteiger partial charge in [0.15, 0.2) is 0 Å². The Kier molecular flexibility index (Phi) is 4.25. The number of ether oxygens (including phenoxy) is 1. The third-order valence-electron chi connectivity index (χ3n) is 7.59. The molecule has 3 aliphatic rings. The second kappa shape index (κ2) is 6.05. The number of aliphatic hydroxyl groups is 2. The molecule has 156 valence electrons. The van der Waals surface area contributed by atoms with Crippen LogP contribution in [0.15, 0.2) is 35.4 Å². The van der Waals surface area contributed by atoms with Crippen molar-refractivity contribution in [2.24, 2.45) is 0 Å². The Labute approximate surface area is 173 Å². The Morgan fingerprint density at radius 2 is 1.62 bits per heavy atom. The maximum atomic E-state index is 13.4. The van der Waals surface area contributed by atoms with Crippen LogP contribution in [0.4, 0.5) is 0 Å². The minimum absolute atomic E-state index is 0.141. The van der Waals surface area contributed by atoms with Crippen LogP contribution in [0.5, 0.6) is 5.75 Å². The fourth-order valence-corrected chi connectivity index (χ4v) is 4.63. The summed E-state index contributed by atoms with van der Waals surface area (Å²) in [6, 6.07) is 4.01. The molecule has 0 aromatic heterocycles. The van der Waals surface area contributed by atoms with E-state index < -0.39 is 17.2 Å². The molecule has 4 heteroatoms. The normalized spacial score (nSPS) is 28.3. The van der Waals surface area contributed by atoms with Gasteiger partial charge in [0.1, 0.15) is 5.75 Å². The second-order valence-electron chi connectivity index (χ2n) is 9.97. The van der Waals surface area contributed by atoms with Gasteiger partial charge in [-0.25, -0.2) is 0 Å². The van der Waals surface area contributed by atoms with Gasteiger partial charge in [-0.3, -0.25) is 4.79 Å². The van der Waals surface area contributed by atoms with Crippen molar-refractivity contribution in [3.63, 3.8) is 0 Å². The van der Waals surface area contributed by atoms with Gasteiger partial charge < -0.3 is 14.9 Å². The monoisotopic (exact) mass is 396 g/mol. The van der Waals surface area contributed by atoms with Crippen LogP contribution < -0.4 is 4.74 Å². The third kappa shape index (κ3) is 2.42. The molecule has 2 unspecified atom stereocenters. The van der Waals surface area contributed by atoms with Crippen molar-refractivity contribution in [3.05, 3.63) is 52.1 Å². The number of fused-ring (bicyclic) bond motifs is 5. The van der Waals surface area contributed by atoms with E-state index in [1.165, 1.54) is 0 Å². The lowest BCUT2D eigenvalue weighted by molar-refractivity contribution is -0.202. The van der Waals surface area contributed by atoms with Crippen LogP contribution in [0, 0.1) is 0 Å². The quantitative estimate of drug-likeness (QED) is 0.783. The number of benzene rings is 1. The molecule has 0 saturated heterocycles. The van der Waals surface area contributed by atoms with E-state index in [1.54, 1.807) is 0 Å². The van der Waals surface area contributed by atoms with Gasteiger partial charge in [-0.2, -0.15) is 0 Å². The summed E-state index contributed by atoms with van der Waals surface area (Å²) >= 11 is 0. The first-order valence-electron chi connectivity index (χ1n) is 10.7. The van der Waals surface area contributed by atoms with Crippen LogP contribution >= 0.6 is 0 Å². The average molecular weight is 397 g/mol. The molecular formula is C25H32O4. The van der Waals surface area contributed by atoms with E-state index in [0.29, 0.717) is 28.9 Å². The number of carbonyl (C=O) groups excluding carboxylic acids is 1. The highest BCUT2D eigenvalue weighted by Crippen LogP contribution is 2.61. The van der Waals surface area contributed by atoms with Gasteiger partial charge in [-0.15, -0.1) is 0 Å². The second-order valence-corrected chi connectivity index (χ2v) is 9.97. The first kappa shape index (κ1) is 20.4. The minimum atomic E-state index is -2.11. The molecule has 2 atom stereocenters. The largest absolute Gasteiger partial charge is 0.453 e. The van der Waals surface area contributed by atoms with Gasteiger partial charge >= 0.3 is 0 Å². The smallest absolute Gasteiger partial charge is 0.276 e. The average Bonchev–Trinajstić information content (AvgIpc) is 3.04. The van der Waals surface area contributed by atoms with E-state index in [2.05, 4.69) is 47.6 Å². The molecule has 0 bridgehead atoms. The van der Waals surface area contributed by atoms with Crippen molar-refractivity contribution >= 4 is 5.78 Å². The summed E-state index contributed by atoms with van der Waals surface area (Å²) in [5.74, 6) is -2.07. The van der Waals surface area contributed by atoms with Crippen molar-refractivity contribution in [2.75, 3.05) is 0 Å².